The van der Waals surface area contributed by atoms with Crippen LogP contribution in [0.5, 0.6) is 0 Å². The van der Waals surface area contributed by atoms with Gasteiger partial charge >= 0.3 is 11.9 Å². The van der Waals surface area contributed by atoms with Crippen LogP contribution in [0.25, 0.3) is 5.57 Å². The molecule has 0 bridgehead atoms. The molecule has 0 aliphatic rings. The van der Waals surface area contributed by atoms with E-state index >= 15 is 0 Å². The van der Waals surface area contributed by atoms with E-state index in [1.165, 1.54) is 24.3 Å². The fraction of sp³-hybridized carbons (Fsp3) is 0.286. The third-order valence-electron chi connectivity index (χ3n) is 2.20. The molecule has 0 aromatic heterocycles. The maximum Gasteiger partial charge on any atom is 0.338 e. The van der Waals surface area contributed by atoms with Gasteiger partial charge in [0.2, 0.25) is 0 Å². The highest BCUT2D eigenvalue weighted by molar-refractivity contribution is 6.20. The van der Waals surface area contributed by atoms with Crippen LogP contribution in [0.4, 0.5) is 4.39 Å². The van der Waals surface area contributed by atoms with Crippen LogP contribution < -0.4 is 0 Å². The van der Waals surface area contributed by atoms with E-state index in [9.17, 15) is 14.0 Å². The molecular formula is C14H15FO4. The summed E-state index contributed by atoms with van der Waals surface area (Å²) in [6, 6.07) is 5.20. The highest BCUT2D eigenvalue weighted by Crippen LogP contribution is 2.17. The highest BCUT2D eigenvalue weighted by Gasteiger charge is 2.15. The van der Waals surface area contributed by atoms with Gasteiger partial charge in [-0.3, -0.25) is 0 Å². The topological polar surface area (TPSA) is 52.6 Å². The zero-order chi connectivity index (χ0) is 14.3. The summed E-state index contributed by atoms with van der Waals surface area (Å²) in [5.74, 6) is -1.72. The predicted octanol–water partition coefficient (Wildman–Crippen LogP) is 2.34. The number of hydrogen-bond donors (Lipinski definition) is 0. The van der Waals surface area contributed by atoms with Gasteiger partial charge in [-0.25, -0.2) is 14.0 Å². The van der Waals surface area contributed by atoms with Crippen molar-refractivity contribution in [3.8, 4) is 0 Å². The van der Waals surface area contributed by atoms with Crippen LogP contribution in [-0.2, 0) is 19.1 Å². The smallest absolute Gasteiger partial charge is 0.338 e. The summed E-state index contributed by atoms with van der Waals surface area (Å²) in [7, 11) is 0. The lowest BCUT2D eigenvalue weighted by Gasteiger charge is -2.07. The molecule has 0 saturated heterocycles. The van der Waals surface area contributed by atoms with E-state index in [0.29, 0.717) is 5.56 Å². The van der Waals surface area contributed by atoms with Gasteiger partial charge < -0.3 is 9.47 Å². The summed E-state index contributed by atoms with van der Waals surface area (Å²) < 4.78 is 22.5. The van der Waals surface area contributed by atoms with Gasteiger partial charge in [-0.15, -0.1) is 0 Å². The van der Waals surface area contributed by atoms with Crippen LogP contribution >= 0.6 is 0 Å². The molecule has 0 heterocycles. The lowest BCUT2D eigenvalue weighted by molar-refractivity contribution is -0.139. The number of ether oxygens (including phenoxy) is 2. The van der Waals surface area contributed by atoms with Crippen molar-refractivity contribution in [3.63, 3.8) is 0 Å². The van der Waals surface area contributed by atoms with Crippen molar-refractivity contribution in [1.29, 1.82) is 0 Å². The Morgan fingerprint density at radius 3 is 2.21 bits per heavy atom. The molecule has 5 heteroatoms. The molecule has 0 N–H and O–H groups in total. The Bertz CT molecular complexity index is 477. The molecule has 4 nitrogen and oxygen atoms in total. The average molecular weight is 266 g/mol. The van der Waals surface area contributed by atoms with Crippen molar-refractivity contribution in [2.45, 2.75) is 13.8 Å². The van der Waals surface area contributed by atoms with Crippen LogP contribution in [0.2, 0.25) is 0 Å². The van der Waals surface area contributed by atoms with Crippen LogP contribution in [0.1, 0.15) is 19.4 Å². The molecule has 0 radical (unpaired) electrons. The predicted molar refractivity (Wildman–Crippen MR) is 67.6 cm³/mol. The number of carbonyl (C=O) groups excluding carboxylic acids is 2. The van der Waals surface area contributed by atoms with Crippen LogP contribution in [0, 0.1) is 5.82 Å². The van der Waals surface area contributed by atoms with Gasteiger partial charge in [0.1, 0.15) is 5.82 Å². The fourth-order valence-electron chi connectivity index (χ4n) is 1.40. The van der Waals surface area contributed by atoms with Gasteiger partial charge in [0.15, 0.2) is 0 Å². The van der Waals surface area contributed by atoms with Crippen molar-refractivity contribution < 1.29 is 23.5 Å². The Morgan fingerprint density at radius 1 is 1.11 bits per heavy atom. The molecule has 0 spiro atoms. The first-order valence-corrected chi connectivity index (χ1v) is 5.90. The quantitative estimate of drug-likeness (QED) is 0.606. The first-order valence-electron chi connectivity index (χ1n) is 5.90. The molecular weight excluding hydrogens is 251 g/mol. The van der Waals surface area contributed by atoms with Gasteiger partial charge in [-0.05, 0) is 31.5 Å². The molecule has 102 valence electrons. The third kappa shape index (κ3) is 4.54. The minimum absolute atomic E-state index is 0.0419. The Kier molecular flexibility index (Phi) is 5.73. The van der Waals surface area contributed by atoms with E-state index in [4.69, 9.17) is 9.47 Å². The number of hydrogen-bond acceptors (Lipinski definition) is 4. The van der Waals surface area contributed by atoms with Crippen LogP contribution in [-0.4, -0.2) is 25.2 Å². The molecule has 0 unspecified atom stereocenters. The molecule has 0 aliphatic heterocycles. The second-order valence-corrected chi connectivity index (χ2v) is 3.54. The van der Waals surface area contributed by atoms with Gasteiger partial charge in [0.05, 0.1) is 18.8 Å². The first-order chi connectivity index (χ1) is 9.08. The maximum absolute atomic E-state index is 12.9. The summed E-state index contributed by atoms with van der Waals surface area (Å²) >= 11 is 0. The van der Waals surface area contributed by atoms with Gasteiger partial charge in [0.25, 0.3) is 0 Å². The van der Waals surface area contributed by atoms with Crippen LogP contribution in [0.15, 0.2) is 30.3 Å². The second-order valence-electron chi connectivity index (χ2n) is 3.54. The standard InChI is InChI=1S/C14H15FO4/c1-3-18-13(16)9-12(14(17)19-4-2)10-5-7-11(15)8-6-10/h5-9H,3-4H2,1-2H3/b12-9+. The summed E-state index contributed by atoms with van der Waals surface area (Å²) in [5, 5.41) is 0. The van der Waals surface area contributed by atoms with Gasteiger partial charge in [0, 0.05) is 6.08 Å². The van der Waals surface area contributed by atoms with E-state index in [-0.39, 0.29) is 18.8 Å². The lowest BCUT2D eigenvalue weighted by atomic mass is 10.1. The molecule has 19 heavy (non-hydrogen) atoms. The molecule has 0 aliphatic carbocycles. The SMILES string of the molecule is CCOC(=O)/C=C(/C(=O)OCC)c1ccc(F)cc1. The van der Waals surface area contributed by atoms with Crippen molar-refractivity contribution in [1.82, 2.24) is 0 Å². The average Bonchev–Trinajstić information content (AvgIpc) is 2.38. The van der Waals surface area contributed by atoms with Gasteiger partial charge in [-0.1, -0.05) is 12.1 Å². The van der Waals surface area contributed by atoms with Crippen molar-refractivity contribution in [3.05, 3.63) is 41.7 Å². The monoisotopic (exact) mass is 266 g/mol. The molecule has 1 rings (SSSR count). The fourth-order valence-corrected chi connectivity index (χ4v) is 1.40. The van der Waals surface area contributed by atoms with E-state index in [2.05, 4.69) is 0 Å². The zero-order valence-electron chi connectivity index (χ0n) is 10.8. The van der Waals surface area contributed by atoms with E-state index in [0.717, 1.165) is 6.08 Å². The van der Waals surface area contributed by atoms with Crippen molar-refractivity contribution >= 4 is 17.5 Å². The summed E-state index contributed by atoms with van der Waals surface area (Å²) in [6.45, 7) is 3.70. The largest absolute Gasteiger partial charge is 0.463 e. The van der Waals surface area contributed by atoms with E-state index in [1.54, 1.807) is 13.8 Å². The zero-order valence-corrected chi connectivity index (χ0v) is 10.8. The van der Waals surface area contributed by atoms with Crippen molar-refractivity contribution in [2.75, 3.05) is 13.2 Å². The van der Waals surface area contributed by atoms with E-state index in [1.807, 2.05) is 0 Å². The minimum Gasteiger partial charge on any atom is -0.463 e. The minimum atomic E-state index is -0.651. The first kappa shape index (κ1) is 14.9. The molecule has 0 amide bonds. The summed E-state index contributed by atoms with van der Waals surface area (Å²) in [4.78, 5) is 23.2. The summed E-state index contributed by atoms with van der Waals surface area (Å²) in [6.07, 6.45) is 1.05. The van der Waals surface area contributed by atoms with E-state index < -0.39 is 17.8 Å². The van der Waals surface area contributed by atoms with Crippen molar-refractivity contribution in [2.24, 2.45) is 0 Å². The number of carbonyl (C=O) groups is 2. The Hall–Kier alpha value is -2.17. The Balaban J connectivity index is 3.08. The number of rotatable bonds is 5. The number of esters is 2. The third-order valence-corrected chi connectivity index (χ3v) is 2.20. The lowest BCUT2D eigenvalue weighted by Crippen LogP contribution is -2.10. The number of halogens is 1. The molecule has 0 atom stereocenters. The summed E-state index contributed by atoms with van der Waals surface area (Å²) in [5.41, 5.74) is 0.438. The molecule has 0 saturated carbocycles. The molecule has 0 fully saturated rings. The number of benzene rings is 1. The normalized spacial score (nSPS) is 11.0. The maximum atomic E-state index is 12.9. The highest BCUT2D eigenvalue weighted by atomic mass is 19.1. The molecule has 1 aromatic rings. The second kappa shape index (κ2) is 7.31. The Labute approximate surface area is 110 Å². The Morgan fingerprint density at radius 2 is 1.68 bits per heavy atom. The van der Waals surface area contributed by atoms with Crippen LogP contribution in [0.3, 0.4) is 0 Å². The molecule has 1 aromatic carbocycles. The van der Waals surface area contributed by atoms with Gasteiger partial charge in [-0.2, -0.15) is 0 Å².